The molecule has 0 unspecified atom stereocenters. The molecule has 0 bridgehead atoms. The maximum absolute atomic E-state index is 12.7. The van der Waals surface area contributed by atoms with Crippen molar-refractivity contribution in [1.82, 2.24) is 4.98 Å². The van der Waals surface area contributed by atoms with Crippen molar-refractivity contribution < 1.29 is 9.53 Å². The third-order valence-corrected chi connectivity index (χ3v) is 3.51. The number of hydrogen-bond donors (Lipinski definition) is 1. The molecule has 1 N–H and O–H groups in total. The molecule has 0 saturated carbocycles. The second kappa shape index (κ2) is 5.85. The Labute approximate surface area is 140 Å². The van der Waals surface area contributed by atoms with Crippen LogP contribution in [0.15, 0.2) is 35.5 Å². The first kappa shape index (κ1) is 15.8. The van der Waals surface area contributed by atoms with Gasteiger partial charge < -0.3 is 14.6 Å². The van der Waals surface area contributed by atoms with Crippen LogP contribution in [0.5, 0.6) is 0 Å². The number of para-hydroxylation sites is 1. The fraction of sp³-hybridized carbons (Fsp3) is 0.278. The molecule has 0 atom stereocenters. The number of nitrogens with one attached hydrogen (secondary N) is 1. The van der Waals surface area contributed by atoms with E-state index < -0.39 is 11.6 Å². The van der Waals surface area contributed by atoms with E-state index in [1.807, 2.05) is 37.9 Å². The van der Waals surface area contributed by atoms with Gasteiger partial charge >= 0.3 is 5.97 Å². The Balaban J connectivity index is 2.20. The van der Waals surface area contributed by atoms with Gasteiger partial charge in [0.15, 0.2) is 0 Å². The van der Waals surface area contributed by atoms with Gasteiger partial charge in [0, 0.05) is 17.8 Å². The third kappa shape index (κ3) is 2.88. The SMILES string of the molecule is CC(C)(C)OC(=O)c1[nH]c2c(C#N)cccc2c1N1C=CC=NC1. The van der Waals surface area contributed by atoms with E-state index in [0.717, 1.165) is 5.39 Å². The molecule has 1 aliphatic heterocycles. The van der Waals surface area contributed by atoms with Crippen LogP contribution in [0, 0.1) is 11.3 Å². The van der Waals surface area contributed by atoms with E-state index in [0.29, 0.717) is 29.1 Å². The minimum atomic E-state index is -0.612. The van der Waals surface area contributed by atoms with E-state index in [9.17, 15) is 10.1 Å². The Bertz CT molecular complexity index is 894. The van der Waals surface area contributed by atoms with Crippen LogP contribution in [0.4, 0.5) is 5.69 Å². The number of fused-ring (bicyclic) bond motifs is 1. The Hall–Kier alpha value is -3.07. The quantitative estimate of drug-likeness (QED) is 0.860. The Kier molecular flexibility index (Phi) is 3.86. The highest BCUT2D eigenvalue weighted by atomic mass is 16.6. The summed E-state index contributed by atoms with van der Waals surface area (Å²) in [4.78, 5) is 21.8. The third-order valence-electron chi connectivity index (χ3n) is 3.51. The molecule has 122 valence electrons. The van der Waals surface area contributed by atoms with Crippen LogP contribution >= 0.6 is 0 Å². The van der Waals surface area contributed by atoms with Gasteiger partial charge in [-0.3, -0.25) is 4.99 Å². The van der Waals surface area contributed by atoms with E-state index in [4.69, 9.17) is 4.74 Å². The normalized spacial score (nSPS) is 14.0. The lowest BCUT2D eigenvalue weighted by molar-refractivity contribution is 0.00647. The molecular weight excluding hydrogens is 304 g/mol. The number of benzene rings is 1. The number of carbonyl (C=O) groups is 1. The molecule has 0 radical (unpaired) electrons. The van der Waals surface area contributed by atoms with E-state index in [1.54, 1.807) is 24.4 Å². The molecule has 1 aromatic heterocycles. The van der Waals surface area contributed by atoms with Gasteiger partial charge in [-0.1, -0.05) is 12.1 Å². The number of rotatable bonds is 2. The molecule has 3 rings (SSSR count). The van der Waals surface area contributed by atoms with Crippen LogP contribution in [0.2, 0.25) is 0 Å². The van der Waals surface area contributed by atoms with Gasteiger partial charge in [0.2, 0.25) is 0 Å². The van der Waals surface area contributed by atoms with Crippen molar-refractivity contribution in [3.05, 3.63) is 41.7 Å². The molecule has 0 amide bonds. The fourth-order valence-corrected chi connectivity index (χ4v) is 2.60. The molecular formula is C18H18N4O2. The zero-order chi connectivity index (χ0) is 17.3. The highest BCUT2D eigenvalue weighted by molar-refractivity contribution is 6.08. The van der Waals surface area contributed by atoms with Crippen LogP contribution in [-0.4, -0.2) is 29.4 Å². The Morgan fingerprint density at radius 2 is 2.21 bits per heavy atom. The van der Waals surface area contributed by atoms with Crippen LogP contribution in [-0.2, 0) is 4.74 Å². The molecule has 0 aliphatic carbocycles. The molecule has 0 saturated heterocycles. The minimum Gasteiger partial charge on any atom is -0.455 e. The van der Waals surface area contributed by atoms with Crippen LogP contribution in [0.25, 0.3) is 10.9 Å². The molecule has 1 aromatic carbocycles. The fourth-order valence-electron chi connectivity index (χ4n) is 2.60. The van der Waals surface area contributed by atoms with Gasteiger partial charge in [0.25, 0.3) is 0 Å². The summed E-state index contributed by atoms with van der Waals surface area (Å²) in [6.45, 7) is 5.85. The van der Waals surface area contributed by atoms with Crippen molar-refractivity contribution in [2.45, 2.75) is 26.4 Å². The summed E-state index contributed by atoms with van der Waals surface area (Å²) in [6.07, 6.45) is 5.36. The van der Waals surface area contributed by atoms with Crippen molar-refractivity contribution in [3.8, 4) is 6.07 Å². The summed E-state index contributed by atoms with van der Waals surface area (Å²) in [7, 11) is 0. The number of anilines is 1. The van der Waals surface area contributed by atoms with Crippen LogP contribution < -0.4 is 4.90 Å². The first-order valence-electron chi connectivity index (χ1n) is 7.62. The summed E-state index contributed by atoms with van der Waals surface area (Å²) in [5.41, 5.74) is 1.49. The van der Waals surface area contributed by atoms with Crippen molar-refractivity contribution >= 4 is 28.8 Å². The number of aromatic nitrogens is 1. The first-order valence-corrected chi connectivity index (χ1v) is 7.62. The molecule has 2 aromatic rings. The van der Waals surface area contributed by atoms with Crippen molar-refractivity contribution in [2.24, 2.45) is 4.99 Å². The molecule has 0 spiro atoms. The second-order valence-electron chi connectivity index (χ2n) is 6.47. The number of esters is 1. The van der Waals surface area contributed by atoms with Crippen molar-refractivity contribution in [1.29, 1.82) is 5.26 Å². The van der Waals surface area contributed by atoms with E-state index in [1.165, 1.54) is 0 Å². The van der Waals surface area contributed by atoms with E-state index in [-0.39, 0.29) is 0 Å². The summed E-state index contributed by atoms with van der Waals surface area (Å²) in [6, 6.07) is 7.54. The number of nitrogens with zero attached hydrogens (tertiary/aromatic N) is 3. The maximum atomic E-state index is 12.7. The number of nitriles is 1. The van der Waals surface area contributed by atoms with E-state index in [2.05, 4.69) is 16.0 Å². The number of hydrogen-bond acceptors (Lipinski definition) is 5. The molecule has 24 heavy (non-hydrogen) atoms. The molecule has 6 heteroatoms. The maximum Gasteiger partial charge on any atom is 0.357 e. The topological polar surface area (TPSA) is 81.5 Å². The first-order chi connectivity index (χ1) is 11.4. The zero-order valence-electron chi connectivity index (χ0n) is 13.8. The van der Waals surface area contributed by atoms with Gasteiger partial charge in [-0.05, 0) is 32.9 Å². The smallest absolute Gasteiger partial charge is 0.357 e. The minimum absolute atomic E-state index is 0.323. The summed E-state index contributed by atoms with van der Waals surface area (Å²) in [5.74, 6) is -0.458. The predicted molar refractivity (Wildman–Crippen MR) is 93.2 cm³/mol. The van der Waals surface area contributed by atoms with Gasteiger partial charge in [0.05, 0.1) is 16.8 Å². The number of aromatic amines is 1. The van der Waals surface area contributed by atoms with Crippen molar-refractivity contribution in [2.75, 3.05) is 11.6 Å². The van der Waals surface area contributed by atoms with Gasteiger partial charge in [-0.15, -0.1) is 0 Å². The predicted octanol–water partition coefficient (Wildman–Crippen LogP) is 3.36. The number of ether oxygens (including phenoxy) is 1. The summed E-state index contributed by atoms with van der Waals surface area (Å²) < 4.78 is 5.52. The lowest BCUT2D eigenvalue weighted by atomic mass is 10.1. The average molecular weight is 322 g/mol. The second-order valence-corrected chi connectivity index (χ2v) is 6.47. The van der Waals surface area contributed by atoms with Gasteiger partial charge in [0.1, 0.15) is 24.0 Å². The lowest BCUT2D eigenvalue weighted by Gasteiger charge is -2.23. The van der Waals surface area contributed by atoms with Crippen molar-refractivity contribution in [3.63, 3.8) is 0 Å². The average Bonchev–Trinajstić information content (AvgIpc) is 2.93. The number of carbonyl (C=O) groups excluding carboxylic acids is 1. The number of allylic oxidation sites excluding steroid dienone is 1. The molecule has 6 nitrogen and oxygen atoms in total. The van der Waals surface area contributed by atoms with Crippen LogP contribution in [0.3, 0.4) is 0 Å². The van der Waals surface area contributed by atoms with Gasteiger partial charge in [-0.25, -0.2) is 4.79 Å². The highest BCUT2D eigenvalue weighted by Gasteiger charge is 2.27. The standard InChI is InChI=1S/C18H18N4O2/c1-18(2,3)24-17(23)15-16(22-9-5-8-20-11-22)13-7-4-6-12(10-19)14(13)21-15/h4-9,21H,11H2,1-3H3. The largest absolute Gasteiger partial charge is 0.455 e. The Morgan fingerprint density at radius 3 is 2.83 bits per heavy atom. The monoisotopic (exact) mass is 322 g/mol. The number of aliphatic imine (C=N–C) groups is 1. The molecule has 1 aliphatic rings. The highest BCUT2D eigenvalue weighted by Crippen LogP contribution is 2.34. The summed E-state index contributed by atoms with van der Waals surface area (Å²) in [5, 5.41) is 10.1. The van der Waals surface area contributed by atoms with E-state index >= 15 is 0 Å². The Morgan fingerprint density at radius 1 is 1.42 bits per heavy atom. The molecule has 2 heterocycles. The summed E-state index contributed by atoms with van der Waals surface area (Å²) >= 11 is 0. The lowest BCUT2D eigenvalue weighted by Crippen LogP contribution is -2.26. The van der Waals surface area contributed by atoms with Crippen LogP contribution in [0.1, 0.15) is 36.8 Å². The zero-order valence-corrected chi connectivity index (χ0v) is 13.8. The molecule has 0 fully saturated rings. The number of H-pyrrole nitrogens is 1. The van der Waals surface area contributed by atoms with Gasteiger partial charge in [-0.2, -0.15) is 5.26 Å².